The van der Waals surface area contributed by atoms with E-state index in [0.717, 1.165) is 0 Å². The number of hydrogen-bond donors (Lipinski definition) is 2. The lowest BCUT2D eigenvalue weighted by molar-refractivity contribution is -0.173. The molecule has 0 aromatic heterocycles. The molecule has 0 aliphatic carbocycles. The molecule has 4 heteroatoms. The molecule has 98 valence electrons. The topological polar surface area (TPSA) is 74.6 Å². The van der Waals surface area contributed by atoms with Crippen molar-refractivity contribution in [2.24, 2.45) is 10.8 Å². The normalized spacial score (nSPS) is 12.2. The summed E-state index contributed by atoms with van der Waals surface area (Å²) < 4.78 is 0. The average Bonchev–Trinajstić information content (AvgIpc) is 2.24. The number of rotatable bonds is 4. The molecule has 0 fully saturated rings. The Kier molecular flexibility index (Phi) is 3.79. The fourth-order valence-corrected chi connectivity index (χ4v) is 2.05. The molecule has 0 aliphatic heterocycles. The van der Waals surface area contributed by atoms with E-state index in [4.69, 9.17) is 0 Å². The van der Waals surface area contributed by atoms with Crippen LogP contribution in [-0.2, 0) is 16.0 Å². The number of aliphatic carboxylic acids is 2. The highest BCUT2D eigenvalue weighted by atomic mass is 16.4. The van der Waals surface area contributed by atoms with Crippen LogP contribution in [0.15, 0.2) is 30.3 Å². The fraction of sp³-hybridized carbons (Fsp3) is 0.429. The van der Waals surface area contributed by atoms with Crippen LogP contribution >= 0.6 is 0 Å². The van der Waals surface area contributed by atoms with Gasteiger partial charge in [-0.25, -0.2) is 0 Å². The van der Waals surface area contributed by atoms with Crippen molar-refractivity contribution in [3.8, 4) is 0 Å². The van der Waals surface area contributed by atoms with Gasteiger partial charge in [0.05, 0.1) is 0 Å². The van der Waals surface area contributed by atoms with Gasteiger partial charge < -0.3 is 10.2 Å². The van der Waals surface area contributed by atoms with Crippen LogP contribution in [0.5, 0.6) is 0 Å². The Labute approximate surface area is 106 Å². The molecule has 0 aliphatic rings. The smallest absolute Gasteiger partial charge is 0.321 e. The Bertz CT molecular complexity index is 429. The summed E-state index contributed by atoms with van der Waals surface area (Å²) in [6.07, 6.45) is -0.0258. The summed E-state index contributed by atoms with van der Waals surface area (Å²) in [5.41, 5.74) is -2.01. The minimum Gasteiger partial charge on any atom is -0.480 e. The number of hydrogen-bond acceptors (Lipinski definition) is 2. The lowest BCUT2D eigenvalue weighted by atomic mass is 9.63. The average molecular weight is 250 g/mol. The van der Waals surface area contributed by atoms with Gasteiger partial charge >= 0.3 is 11.9 Å². The maximum absolute atomic E-state index is 11.5. The third-order valence-electron chi connectivity index (χ3n) is 3.32. The van der Waals surface area contributed by atoms with Gasteiger partial charge in [-0.15, -0.1) is 0 Å². The molecule has 0 unspecified atom stereocenters. The Morgan fingerprint density at radius 2 is 1.44 bits per heavy atom. The molecule has 0 heterocycles. The van der Waals surface area contributed by atoms with E-state index in [-0.39, 0.29) is 6.42 Å². The first kappa shape index (κ1) is 14.2. The zero-order valence-corrected chi connectivity index (χ0v) is 10.8. The number of carboxylic acids is 2. The van der Waals surface area contributed by atoms with E-state index in [2.05, 4.69) is 0 Å². The van der Waals surface area contributed by atoms with Crippen LogP contribution in [0.4, 0.5) is 0 Å². The molecule has 2 N–H and O–H groups in total. The Morgan fingerprint density at radius 3 is 1.78 bits per heavy atom. The van der Waals surface area contributed by atoms with Gasteiger partial charge in [0, 0.05) is 0 Å². The molecule has 0 saturated heterocycles. The van der Waals surface area contributed by atoms with Crippen LogP contribution in [0.2, 0.25) is 0 Å². The second-order valence-corrected chi connectivity index (χ2v) is 5.43. The fourth-order valence-electron chi connectivity index (χ4n) is 2.05. The Balaban J connectivity index is 3.29. The molecule has 18 heavy (non-hydrogen) atoms. The minimum atomic E-state index is -1.83. The van der Waals surface area contributed by atoms with Gasteiger partial charge in [-0.2, -0.15) is 0 Å². The van der Waals surface area contributed by atoms with Gasteiger partial charge in [-0.3, -0.25) is 9.59 Å². The first-order valence-electron chi connectivity index (χ1n) is 5.72. The van der Waals surface area contributed by atoms with Crippen molar-refractivity contribution in [3.05, 3.63) is 35.9 Å². The van der Waals surface area contributed by atoms with Gasteiger partial charge in [0.25, 0.3) is 0 Å². The molecule has 0 saturated carbocycles. The largest absolute Gasteiger partial charge is 0.480 e. The van der Waals surface area contributed by atoms with Crippen molar-refractivity contribution in [3.63, 3.8) is 0 Å². The molecular weight excluding hydrogens is 232 g/mol. The second-order valence-electron chi connectivity index (χ2n) is 5.43. The summed E-state index contributed by atoms with van der Waals surface area (Å²) in [7, 11) is 0. The summed E-state index contributed by atoms with van der Waals surface area (Å²) >= 11 is 0. The number of benzene rings is 1. The third kappa shape index (κ3) is 2.37. The van der Waals surface area contributed by atoms with Crippen molar-refractivity contribution in [2.75, 3.05) is 0 Å². The summed E-state index contributed by atoms with van der Waals surface area (Å²) in [5, 5.41) is 18.8. The second kappa shape index (κ2) is 4.80. The highest BCUT2D eigenvalue weighted by Crippen LogP contribution is 2.42. The van der Waals surface area contributed by atoms with Crippen LogP contribution in [0, 0.1) is 10.8 Å². The highest BCUT2D eigenvalue weighted by molar-refractivity contribution is 5.99. The molecule has 0 spiro atoms. The lowest BCUT2D eigenvalue weighted by Crippen LogP contribution is -2.51. The van der Waals surface area contributed by atoms with Crippen molar-refractivity contribution < 1.29 is 19.8 Å². The highest BCUT2D eigenvalue weighted by Gasteiger charge is 2.55. The molecule has 1 aromatic carbocycles. The predicted octanol–water partition coefficient (Wildman–Crippen LogP) is 2.43. The van der Waals surface area contributed by atoms with Crippen LogP contribution in [0.1, 0.15) is 26.3 Å². The standard InChI is InChI=1S/C14H18O4/c1-13(2,3)14(11(15)16,12(17)18)9-10-7-5-4-6-8-10/h4-8H,9H2,1-3H3,(H,15,16)(H,17,18). The van der Waals surface area contributed by atoms with Crippen molar-refractivity contribution in [1.29, 1.82) is 0 Å². The van der Waals surface area contributed by atoms with Gasteiger partial charge in [0.1, 0.15) is 0 Å². The molecule has 1 rings (SSSR count). The van der Waals surface area contributed by atoms with E-state index in [0.29, 0.717) is 5.56 Å². The molecule has 0 amide bonds. The Morgan fingerprint density at radius 1 is 1.00 bits per heavy atom. The lowest BCUT2D eigenvalue weighted by Gasteiger charge is -2.37. The van der Waals surface area contributed by atoms with Gasteiger partial charge in [-0.1, -0.05) is 51.1 Å². The molecule has 0 radical (unpaired) electrons. The predicted molar refractivity (Wildman–Crippen MR) is 67.3 cm³/mol. The first-order valence-corrected chi connectivity index (χ1v) is 5.72. The molecule has 0 bridgehead atoms. The van der Waals surface area contributed by atoms with Crippen LogP contribution in [-0.4, -0.2) is 22.2 Å². The summed E-state index contributed by atoms with van der Waals surface area (Å²) in [4.78, 5) is 23.1. The summed E-state index contributed by atoms with van der Waals surface area (Å²) in [6.45, 7) is 4.91. The zero-order valence-electron chi connectivity index (χ0n) is 10.8. The number of carbonyl (C=O) groups is 2. The van der Waals surface area contributed by atoms with E-state index in [1.807, 2.05) is 6.07 Å². The third-order valence-corrected chi connectivity index (χ3v) is 3.32. The van der Waals surface area contributed by atoms with Gasteiger partial charge in [0.15, 0.2) is 5.41 Å². The van der Waals surface area contributed by atoms with Gasteiger partial charge in [-0.05, 0) is 17.4 Å². The van der Waals surface area contributed by atoms with Gasteiger partial charge in [0.2, 0.25) is 0 Å². The van der Waals surface area contributed by atoms with Crippen molar-refractivity contribution >= 4 is 11.9 Å². The first-order chi connectivity index (χ1) is 8.22. The molecule has 4 nitrogen and oxygen atoms in total. The molecule has 1 aromatic rings. The monoisotopic (exact) mass is 250 g/mol. The van der Waals surface area contributed by atoms with E-state index < -0.39 is 22.8 Å². The number of carboxylic acid groups (broad SMARTS) is 2. The molecule has 0 atom stereocenters. The molecular formula is C14H18O4. The quantitative estimate of drug-likeness (QED) is 0.805. The van der Waals surface area contributed by atoms with E-state index in [1.54, 1.807) is 45.0 Å². The van der Waals surface area contributed by atoms with Crippen molar-refractivity contribution in [2.45, 2.75) is 27.2 Å². The van der Waals surface area contributed by atoms with E-state index in [9.17, 15) is 19.8 Å². The zero-order chi connectivity index (χ0) is 14.0. The van der Waals surface area contributed by atoms with Crippen LogP contribution in [0.25, 0.3) is 0 Å². The minimum absolute atomic E-state index is 0.0258. The maximum atomic E-state index is 11.5. The van der Waals surface area contributed by atoms with Crippen LogP contribution < -0.4 is 0 Å². The van der Waals surface area contributed by atoms with Crippen LogP contribution in [0.3, 0.4) is 0 Å². The summed E-state index contributed by atoms with van der Waals surface area (Å²) in [6, 6.07) is 8.83. The SMILES string of the molecule is CC(C)(C)C(Cc1ccccc1)(C(=O)O)C(=O)O. The maximum Gasteiger partial charge on any atom is 0.321 e. The van der Waals surface area contributed by atoms with Crippen molar-refractivity contribution in [1.82, 2.24) is 0 Å². The Hall–Kier alpha value is -1.84. The van der Waals surface area contributed by atoms with E-state index in [1.165, 1.54) is 0 Å². The van der Waals surface area contributed by atoms with E-state index >= 15 is 0 Å². The summed E-state index contributed by atoms with van der Waals surface area (Å²) in [5.74, 6) is -2.60.